The van der Waals surface area contributed by atoms with E-state index in [4.69, 9.17) is 0 Å². The lowest BCUT2D eigenvalue weighted by atomic mass is 10.1. The van der Waals surface area contributed by atoms with Crippen LogP contribution in [0.5, 0.6) is 0 Å². The normalized spacial score (nSPS) is 17.4. The second kappa shape index (κ2) is 6.45. The Morgan fingerprint density at radius 2 is 2.25 bits per heavy atom. The summed E-state index contributed by atoms with van der Waals surface area (Å²) in [7, 11) is 0. The maximum absolute atomic E-state index is 12.7. The highest BCUT2D eigenvalue weighted by atomic mass is 79.9. The molecule has 1 amide bonds. The molecule has 0 aromatic carbocycles. The minimum absolute atomic E-state index is 0.00566. The number of amides is 1. The third kappa shape index (κ3) is 2.99. The number of nitrogens with one attached hydrogen (secondary N) is 1. The predicted octanol–water partition coefficient (Wildman–Crippen LogP) is 3.32. The number of hydrogen-bond donors (Lipinski definition) is 1. The molecule has 1 atom stereocenters. The van der Waals surface area contributed by atoms with Crippen molar-refractivity contribution in [3.05, 3.63) is 51.0 Å². The zero-order chi connectivity index (χ0) is 16.5. The number of carbonyl (C=O) groups excluding carboxylic acids is 1. The number of halogens is 1. The van der Waals surface area contributed by atoms with Crippen LogP contribution in [0, 0.1) is 0 Å². The van der Waals surface area contributed by atoms with E-state index in [1.165, 1.54) is 4.88 Å². The van der Waals surface area contributed by atoms with Crippen molar-refractivity contribution in [2.24, 2.45) is 0 Å². The number of likely N-dealkylation sites (tertiary alicyclic amines) is 1. The van der Waals surface area contributed by atoms with Crippen LogP contribution in [0.25, 0.3) is 11.3 Å². The molecule has 122 valence electrons. The van der Waals surface area contributed by atoms with Crippen molar-refractivity contribution < 1.29 is 4.79 Å². The second-order valence-electron chi connectivity index (χ2n) is 5.68. The second-order valence-corrected chi connectivity index (χ2v) is 8.17. The van der Waals surface area contributed by atoms with Gasteiger partial charge in [-0.15, -0.1) is 11.3 Å². The fourth-order valence-corrected chi connectivity index (χ4v) is 4.47. The highest BCUT2D eigenvalue weighted by Crippen LogP contribution is 2.34. The van der Waals surface area contributed by atoms with Crippen LogP contribution in [0.4, 0.5) is 0 Å². The van der Waals surface area contributed by atoms with Crippen molar-refractivity contribution in [1.29, 1.82) is 0 Å². The van der Waals surface area contributed by atoms with E-state index in [2.05, 4.69) is 48.5 Å². The fraction of sp³-hybridized carbons (Fsp3) is 0.250. The maximum Gasteiger partial charge on any atom is 0.271 e. The van der Waals surface area contributed by atoms with Gasteiger partial charge in [-0.1, -0.05) is 0 Å². The lowest BCUT2D eigenvalue weighted by Crippen LogP contribution is -2.28. The summed E-state index contributed by atoms with van der Waals surface area (Å²) in [5, 5.41) is 14.6. The van der Waals surface area contributed by atoms with E-state index in [1.807, 2.05) is 11.0 Å². The number of rotatable bonds is 3. The Balaban J connectivity index is 1.48. The Labute approximate surface area is 151 Å². The quantitative estimate of drug-likeness (QED) is 0.727. The third-order valence-corrected chi connectivity index (χ3v) is 5.95. The van der Waals surface area contributed by atoms with Crippen molar-refractivity contribution in [3.63, 3.8) is 0 Å². The predicted molar refractivity (Wildman–Crippen MR) is 94.9 cm³/mol. The summed E-state index contributed by atoms with van der Waals surface area (Å²) in [6, 6.07) is 7.79. The van der Waals surface area contributed by atoms with Crippen LogP contribution < -0.4 is 0 Å². The van der Waals surface area contributed by atoms with Gasteiger partial charge >= 0.3 is 0 Å². The van der Waals surface area contributed by atoms with Crippen LogP contribution in [0.3, 0.4) is 0 Å². The first-order valence-corrected chi connectivity index (χ1v) is 9.18. The summed E-state index contributed by atoms with van der Waals surface area (Å²) in [4.78, 5) is 15.9. The molecule has 24 heavy (non-hydrogen) atoms. The van der Waals surface area contributed by atoms with Crippen LogP contribution in [0.1, 0.15) is 27.7 Å². The van der Waals surface area contributed by atoms with Gasteiger partial charge in [0.05, 0.1) is 21.9 Å². The Bertz CT molecular complexity index is 862. The molecule has 1 N–H and O–H groups in total. The van der Waals surface area contributed by atoms with Crippen molar-refractivity contribution in [3.8, 4) is 11.3 Å². The summed E-state index contributed by atoms with van der Waals surface area (Å²) in [6.45, 7) is 1.52. The van der Waals surface area contributed by atoms with E-state index < -0.39 is 0 Å². The molecule has 0 radical (unpaired) electrons. The van der Waals surface area contributed by atoms with Crippen LogP contribution >= 0.6 is 27.3 Å². The first-order valence-electron chi connectivity index (χ1n) is 7.57. The number of aromatic nitrogens is 4. The molecule has 8 heteroatoms. The molecule has 0 bridgehead atoms. The van der Waals surface area contributed by atoms with Gasteiger partial charge in [0, 0.05) is 29.4 Å². The molecular formula is C16H14BrN5OS. The molecule has 4 heterocycles. The number of carbonyl (C=O) groups is 1. The van der Waals surface area contributed by atoms with Gasteiger partial charge < -0.3 is 4.90 Å². The highest BCUT2D eigenvalue weighted by Gasteiger charge is 2.29. The molecule has 4 rings (SSSR count). The molecule has 1 fully saturated rings. The molecule has 1 saturated heterocycles. The van der Waals surface area contributed by atoms with E-state index in [-0.39, 0.29) is 5.91 Å². The standard InChI is InChI=1S/C16H14BrN5OS/c17-15-2-1-14(24-15)11-4-6-22(9-11)16(23)13-7-12(20-21-13)10-3-5-18-19-8-10/h1-3,5,7-8,11H,4,6,9H2,(H,20,21). The minimum Gasteiger partial charge on any atom is -0.337 e. The first-order chi connectivity index (χ1) is 11.7. The molecule has 1 aliphatic rings. The van der Waals surface area contributed by atoms with Crippen molar-refractivity contribution >= 4 is 33.2 Å². The summed E-state index contributed by atoms with van der Waals surface area (Å²) in [5.74, 6) is 0.408. The third-order valence-electron chi connectivity index (χ3n) is 4.16. The summed E-state index contributed by atoms with van der Waals surface area (Å²) < 4.78 is 1.13. The van der Waals surface area contributed by atoms with Crippen molar-refractivity contribution in [2.45, 2.75) is 12.3 Å². The topological polar surface area (TPSA) is 74.8 Å². The van der Waals surface area contributed by atoms with E-state index in [0.29, 0.717) is 17.3 Å². The van der Waals surface area contributed by atoms with Crippen LogP contribution in [-0.2, 0) is 0 Å². The highest BCUT2D eigenvalue weighted by molar-refractivity contribution is 9.11. The minimum atomic E-state index is -0.00566. The number of hydrogen-bond acceptors (Lipinski definition) is 5. The van der Waals surface area contributed by atoms with Crippen LogP contribution in [-0.4, -0.2) is 44.3 Å². The van der Waals surface area contributed by atoms with Gasteiger partial charge in [-0.2, -0.15) is 15.3 Å². The fourth-order valence-electron chi connectivity index (χ4n) is 2.92. The molecule has 0 spiro atoms. The average Bonchev–Trinajstić information content (AvgIpc) is 3.35. The van der Waals surface area contributed by atoms with Gasteiger partial charge in [0.25, 0.3) is 5.91 Å². The lowest BCUT2D eigenvalue weighted by molar-refractivity contribution is 0.0785. The zero-order valence-electron chi connectivity index (χ0n) is 12.6. The average molecular weight is 404 g/mol. The van der Waals surface area contributed by atoms with Gasteiger partial charge in [-0.05, 0) is 46.6 Å². The molecule has 0 saturated carbocycles. The van der Waals surface area contributed by atoms with Gasteiger partial charge in [0.2, 0.25) is 0 Å². The van der Waals surface area contributed by atoms with E-state index >= 15 is 0 Å². The molecular weight excluding hydrogens is 390 g/mol. The maximum atomic E-state index is 12.7. The SMILES string of the molecule is O=C(c1cc(-c2ccnnc2)n[nH]1)N1CCC(c2ccc(Br)s2)C1. The summed E-state index contributed by atoms with van der Waals surface area (Å²) in [5.41, 5.74) is 2.05. The largest absolute Gasteiger partial charge is 0.337 e. The Morgan fingerprint density at radius 3 is 3.00 bits per heavy atom. The van der Waals surface area contributed by atoms with E-state index in [1.54, 1.807) is 29.8 Å². The lowest BCUT2D eigenvalue weighted by Gasteiger charge is -2.14. The van der Waals surface area contributed by atoms with Crippen LogP contribution in [0.15, 0.2) is 40.4 Å². The molecule has 0 aliphatic carbocycles. The summed E-state index contributed by atoms with van der Waals surface area (Å²) >= 11 is 5.24. The molecule has 3 aromatic heterocycles. The first kappa shape index (κ1) is 15.5. The van der Waals surface area contributed by atoms with E-state index in [0.717, 1.165) is 28.9 Å². The Hall–Kier alpha value is -2.06. The summed E-state index contributed by atoms with van der Waals surface area (Å²) in [6.07, 6.45) is 4.23. The van der Waals surface area contributed by atoms with Gasteiger partial charge in [0.1, 0.15) is 5.69 Å². The smallest absolute Gasteiger partial charge is 0.271 e. The molecule has 6 nitrogen and oxygen atoms in total. The van der Waals surface area contributed by atoms with Gasteiger partial charge in [-0.25, -0.2) is 0 Å². The van der Waals surface area contributed by atoms with Gasteiger partial charge in [-0.3, -0.25) is 9.89 Å². The molecule has 1 unspecified atom stereocenters. The molecule has 3 aromatic rings. The van der Waals surface area contributed by atoms with Crippen LogP contribution in [0.2, 0.25) is 0 Å². The number of thiophene rings is 1. The van der Waals surface area contributed by atoms with Gasteiger partial charge in [0.15, 0.2) is 0 Å². The monoisotopic (exact) mass is 403 g/mol. The Kier molecular flexibility index (Phi) is 4.15. The molecule has 1 aliphatic heterocycles. The number of nitrogens with zero attached hydrogens (tertiary/aromatic N) is 4. The Morgan fingerprint density at radius 1 is 1.33 bits per heavy atom. The van der Waals surface area contributed by atoms with Crippen molar-refractivity contribution in [2.75, 3.05) is 13.1 Å². The van der Waals surface area contributed by atoms with Crippen molar-refractivity contribution in [1.82, 2.24) is 25.3 Å². The number of aromatic amines is 1. The zero-order valence-corrected chi connectivity index (χ0v) is 15.0. The number of H-pyrrole nitrogens is 1. The van der Waals surface area contributed by atoms with E-state index in [9.17, 15) is 4.79 Å².